The summed E-state index contributed by atoms with van der Waals surface area (Å²) >= 11 is 5.47. The van der Waals surface area contributed by atoms with Gasteiger partial charge in [-0.25, -0.2) is 4.79 Å². The standard InChI is InChI=1S/C9H17ClN2O2/c1-4-6(2)5-11-9(14)12-8(13)7(3)10/h6-7H,4-5H2,1-3H3,(H2,11,12,13,14). The van der Waals surface area contributed by atoms with Crippen LogP contribution in [0.3, 0.4) is 0 Å². The predicted octanol–water partition coefficient (Wildman–Crippen LogP) is 1.49. The van der Waals surface area contributed by atoms with E-state index in [4.69, 9.17) is 11.6 Å². The molecule has 4 nitrogen and oxygen atoms in total. The summed E-state index contributed by atoms with van der Waals surface area (Å²) in [5.41, 5.74) is 0. The van der Waals surface area contributed by atoms with E-state index in [-0.39, 0.29) is 0 Å². The second-order valence-corrected chi connectivity index (χ2v) is 3.98. The lowest BCUT2D eigenvalue weighted by molar-refractivity contribution is -0.119. The maximum absolute atomic E-state index is 11.1. The first-order chi connectivity index (χ1) is 6.47. The number of hydrogen-bond donors (Lipinski definition) is 2. The molecule has 0 fully saturated rings. The van der Waals surface area contributed by atoms with Gasteiger partial charge in [-0.3, -0.25) is 10.1 Å². The van der Waals surface area contributed by atoms with Crippen LogP contribution < -0.4 is 10.6 Å². The van der Waals surface area contributed by atoms with E-state index in [9.17, 15) is 9.59 Å². The van der Waals surface area contributed by atoms with Crippen LogP contribution in [0.2, 0.25) is 0 Å². The predicted molar refractivity (Wildman–Crippen MR) is 56.3 cm³/mol. The van der Waals surface area contributed by atoms with Crippen molar-refractivity contribution < 1.29 is 9.59 Å². The van der Waals surface area contributed by atoms with E-state index in [1.807, 2.05) is 13.8 Å². The molecule has 0 radical (unpaired) electrons. The molecule has 2 N–H and O–H groups in total. The third-order valence-electron chi connectivity index (χ3n) is 1.91. The Labute approximate surface area is 89.4 Å². The van der Waals surface area contributed by atoms with Gasteiger partial charge in [0.2, 0.25) is 5.91 Å². The van der Waals surface area contributed by atoms with Crippen LogP contribution in [0.1, 0.15) is 27.2 Å². The summed E-state index contributed by atoms with van der Waals surface area (Å²) in [6, 6.07) is -0.484. The first-order valence-electron chi connectivity index (χ1n) is 4.70. The van der Waals surface area contributed by atoms with Crippen molar-refractivity contribution in [2.24, 2.45) is 5.92 Å². The number of alkyl halides is 1. The number of amides is 3. The molecule has 2 atom stereocenters. The Balaban J connectivity index is 3.71. The zero-order valence-corrected chi connectivity index (χ0v) is 9.52. The van der Waals surface area contributed by atoms with Crippen LogP contribution in [-0.2, 0) is 4.79 Å². The third-order valence-corrected chi connectivity index (χ3v) is 2.10. The summed E-state index contributed by atoms with van der Waals surface area (Å²) in [7, 11) is 0. The van der Waals surface area contributed by atoms with Gasteiger partial charge in [-0.15, -0.1) is 11.6 Å². The quantitative estimate of drug-likeness (QED) is 0.706. The number of halogens is 1. The molecule has 0 bridgehead atoms. The van der Waals surface area contributed by atoms with Crippen LogP contribution in [0, 0.1) is 5.92 Å². The molecule has 0 rings (SSSR count). The molecule has 0 saturated heterocycles. The maximum Gasteiger partial charge on any atom is 0.321 e. The zero-order valence-electron chi connectivity index (χ0n) is 8.76. The highest BCUT2D eigenvalue weighted by molar-refractivity contribution is 6.31. The zero-order chi connectivity index (χ0) is 11.1. The van der Waals surface area contributed by atoms with Crippen LogP contribution in [0.4, 0.5) is 4.79 Å². The molecule has 2 unspecified atom stereocenters. The van der Waals surface area contributed by atoms with E-state index in [1.54, 1.807) is 0 Å². The third kappa shape index (κ3) is 5.80. The van der Waals surface area contributed by atoms with Crippen LogP contribution in [0.15, 0.2) is 0 Å². The number of carbonyl (C=O) groups excluding carboxylic acids is 2. The molecule has 0 aliphatic carbocycles. The highest BCUT2D eigenvalue weighted by Gasteiger charge is 2.12. The van der Waals surface area contributed by atoms with Gasteiger partial charge in [0.25, 0.3) is 0 Å². The summed E-state index contributed by atoms with van der Waals surface area (Å²) in [6.07, 6.45) is 0.986. The first kappa shape index (κ1) is 13.2. The van der Waals surface area contributed by atoms with Crippen LogP contribution >= 0.6 is 11.6 Å². The highest BCUT2D eigenvalue weighted by atomic mass is 35.5. The number of imide groups is 1. The molecule has 14 heavy (non-hydrogen) atoms. The van der Waals surface area contributed by atoms with E-state index in [0.717, 1.165) is 6.42 Å². The molecule has 3 amide bonds. The van der Waals surface area contributed by atoms with Crippen molar-refractivity contribution in [3.8, 4) is 0 Å². The minimum atomic E-state index is -0.690. The average molecular weight is 221 g/mol. The Kier molecular flexibility index (Phi) is 6.28. The summed E-state index contributed by atoms with van der Waals surface area (Å²) in [5.74, 6) is -0.0717. The smallest absolute Gasteiger partial charge is 0.321 e. The Hall–Kier alpha value is -0.770. The van der Waals surface area contributed by atoms with Crippen molar-refractivity contribution in [2.75, 3.05) is 6.54 Å². The van der Waals surface area contributed by atoms with E-state index in [0.29, 0.717) is 12.5 Å². The molecule has 0 aromatic carbocycles. The summed E-state index contributed by atoms with van der Waals surface area (Å²) in [6.45, 7) is 6.13. The first-order valence-corrected chi connectivity index (χ1v) is 5.13. The molecular weight excluding hydrogens is 204 g/mol. The van der Waals surface area contributed by atoms with E-state index in [2.05, 4.69) is 10.6 Å². The normalized spacial score (nSPS) is 14.3. The second-order valence-electron chi connectivity index (χ2n) is 3.33. The van der Waals surface area contributed by atoms with Crippen LogP contribution in [-0.4, -0.2) is 23.9 Å². The SMILES string of the molecule is CCC(C)CNC(=O)NC(=O)C(C)Cl. The second kappa shape index (κ2) is 6.65. The van der Waals surface area contributed by atoms with Gasteiger partial charge in [-0.1, -0.05) is 20.3 Å². The summed E-state index contributed by atoms with van der Waals surface area (Å²) in [5, 5.41) is 4.04. The number of hydrogen-bond acceptors (Lipinski definition) is 2. The fraction of sp³-hybridized carbons (Fsp3) is 0.778. The monoisotopic (exact) mass is 220 g/mol. The van der Waals surface area contributed by atoms with E-state index < -0.39 is 17.3 Å². The average Bonchev–Trinajstić information content (AvgIpc) is 2.13. The molecule has 0 aliphatic heterocycles. The minimum Gasteiger partial charge on any atom is -0.338 e. The molecule has 0 heterocycles. The molecule has 0 saturated carbocycles. The van der Waals surface area contributed by atoms with Crippen molar-refractivity contribution in [2.45, 2.75) is 32.6 Å². The molecule has 0 aliphatic rings. The molecule has 5 heteroatoms. The molecule has 0 aromatic rings. The number of urea groups is 1. The van der Waals surface area contributed by atoms with Gasteiger partial charge in [0.1, 0.15) is 5.38 Å². The van der Waals surface area contributed by atoms with Crippen molar-refractivity contribution in [1.82, 2.24) is 10.6 Å². The Bertz CT molecular complexity index is 207. The minimum absolute atomic E-state index is 0.407. The van der Waals surface area contributed by atoms with Gasteiger partial charge >= 0.3 is 6.03 Å². The van der Waals surface area contributed by atoms with Crippen molar-refractivity contribution in [3.63, 3.8) is 0 Å². The molecular formula is C9H17ClN2O2. The van der Waals surface area contributed by atoms with Crippen molar-refractivity contribution in [1.29, 1.82) is 0 Å². The summed E-state index contributed by atoms with van der Waals surface area (Å²) < 4.78 is 0. The van der Waals surface area contributed by atoms with Crippen LogP contribution in [0.5, 0.6) is 0 Å². The highest BCUT2D eigenvalue weighted by Crippen LogP contribution is 1.97. The van der Waals surface area contributed by atoms with Gasteiger partial charge in [-0.05, 0) is 12.8 Å². The van der Waals surface area contributed by atoms with Gasteiger partial charge in [0.05, 0.1) is 0 Å². The lowest BCUT2D eigenvalue weighted by atomic mass is 10.1. The molecule has 0 spiro atoms. The van der Waals surface area contributed by atoms with Gasteiger partial charge in [-0.2, -0.15) is 0 Å². The van der Waals surface area contributed by atoms with Gasteiger partial charge in [0.15, 0.2) is 0 Å². The van der Waals surface area contributed by atoms with Gasteiger partial charge in [0, 0.05) is 6.54 Å². The molecule has 82 valence electrons. The fourth-order valence-electron chi connectivity index (χ4n) is 0.667. The lowest BCUT2D eigenvalue weighted by Crippen LogP contribution is -2.43. The molecule has 0 aromatic heterocycles. The number of rotatable bonds is 4. The van der Waals surface area contributed by atoms with Gasteiger partial charge < -0.3 is 5.32 Å². The Morgan fingerprint density at radius 1 is 1.36 bits per heavy atom. The number of carbonyl (C=O) groups is 2. The largest absolute Gasteiger partial charge is 0.338 e. The number of nitrogens with one attached hydrogen (secondary N) is 2. The summed E-state index contributed by atoms with van der Waals surface area (Å²) in [4.78, 5) is 22.0. The van der Waals surface area contributed by atoms with Crippen molar-refractivity contribution in [3.05, 3.63) is 0 Å². The topological polar surface area (TPSA) is 58.2 Å². The van der Waals surface area contributed by atoms with E-state index in [1.165, 1.54) is 6.92 Å². The Morgan fingerprint density at radius 3 is 2.36 bits per heavy atom. The Morgan fingerprint density at radius 2 is 1.93 bits per heavy atom. The van der Waals surface area contributed by atoms with Crippen LogP contribution in [0.25, 0.3) is 0 Å². The maximum atomic E-state index is 11.1. The lowest BCUT2D eigenvalue weighted by Gasteiger charge is -2.10. The van der Waals surface area contributed by atoms with E-state index >= 15 is 0 Å². The van der Waals surface area contributed by atoms with Crippen molar-refractivity contribution >= 4 is 23.5 Å². The fourth-order valence-corrected chi connectivity index (χ4v) is 0.721.